The molecule has 7 heteroatoms. The summed E-state index contributed by atoms with van der Waals surface area (Å²) in [6, 6.07) is 12.4. The highest BCUT2D eigenvalue weighted by Gasteiger charge is 2.19. The number of ketones is 1. The summed E-state index contributed by atoms with van der Waals surface area (Å²) in [5.74, 6) is -0.556. The molecule has 0 aliphatic carbocycles. The van der Waals surface area contributed by atoms with E-state index < -0.39 is 18.0 Å². The second-order valence-electron chi connectivity index (χ2n) is 6.68. The van der Waals surface area contributed by atoms with Gasteiger partial charge in [-0.3, -0.25) is 9.59 Å². The second kappa shape index (κ2) is 9.90. The number of primary amides is 1. The van der Waals surface area contributed by atoms with Crippen LogP contribution in [0, 0.1) is 0 Å². The SMILES string of the molecule is CC(C)c1ccc(C(=O)COC(=O)C[C@H](NC(N)=O)c2ccc(Cl)cc2)cc1. The van der Waals surface area contributed by atoms with E-state index >= 15 is 0 Å². The van der Waals surface area contributed by atoms with Crippen molar-refractivity contribution in [3.8, 4) is 0 Å². The van der Waals surface area contributed by atoms with E-state index in [1.807, 2.05) is 12.1 Å². The first-order valence-corrected chi connectivity index (χ1v) is 9.24. The fourth-order valence-electron chi connectivity index (χ4n) is 2.63. The molecule has 2 aromatic rings. The van der Waals surface area contributed by atoms with Crippen LogP contribution in [-0.2, 0) is 9.53 Å². The standard InChI is InChI=1S/C21H23ClN2O4/c1-13(2)14-3-5-16(6-4-14)19(25)12-28-20(26)11-18(24-21(23)27)15-7-9-17(22)10-8-15/h3-10,13,18H,11-12H2,1-2H3,(H3,23,24,27)/t18-/m0/s1. The molecule has 0 radical (unpaired) electrons. The molecule has 2 aromatic carbocycles. The van der Waals surface area contributed by atoms with Gasteiger partial charge in [-0.15, -0.1) is 0 Å². The van der Waals surface area contributed by atoms with Crippen molar-refractivity contribution < 1.29 is 19.1 Å². The minimum absolute atomic E-state index is 0.163. The molecule has 0 bridgehead atoms. The molecular weight excluding hydrogens is 380 g/mol. The number of amides is 2. The maximum Gasteiger partial charge on any atom is 0.312 e. The summed E-state index contributed by atoms with van der Waals surface area (Å²) in [5.41, 5.74) is 7.43. The number of ether oxygens (including phenoxy) is 1. The van der Waals surface area contributed by atoms with Crippen molar-refractivity contribution in [2.24, 2.45) is 5.73 Å². The summed E-state index contributed by atoms with van der Waals surface area (Å²) in [6.45, 7) is 3.76. The fourth-order valence-corrected chi connectivity index (χ4v) is 2.75. The van der Waals surface area contributed by atoms with Crippen molar-refractivity contribution in [3.63, 3.8) is 0 Å². The number of benzene rings is 2. The molecule has 6 nitrogen and oxygen atoms in total. The number of urea groups is 1. The summed E-state index contributed by atoms with van der Waals surface area (Å²) in [7, 11) is 0. The van der Waals surface area contributed by atoms with Crippen LogP contribution in [0.3, 0.4) is 0 Å². The smallest absolute Gasteiger partial charge is 0.312 e. The van der Waals surface area contributed by atoms with E-state index in [0.29, 0.717) is 22.1 Å². The third-order valence-corrected chi connectivity index (χ3v) is 4.48. The molecule has 0 unspecified atom stereocenters. The quantitative estimate of drug-likeness (QED) is 0.515. The zero-order valence-corrected chi connectivity index (χ0v) is 16.5. The number of esters is 1. The van der Waals surface area contributed by atoms with Gasteiger partial charge in [0.1, 0.15) is 0 Å². The average molecular weight is 403 g/mol. The van der Waals surface area contributed by atoms with Gasteiger partial charge in [0.05, 0.1) is 12.5 Å². The van der Waals surface area contributed by atoms with Gasteiger partial charge in [-0.05, 0) is 29.2 Å². The van der Waals surface area contributed by atoms with Crippen molar-refractivity contribution in [3.05, 3.63) is 70.2 Å². The predicted molar refractivity (Wildman–Crippen MR) is 107 cm³/mol. The maximum absolute atomic E-state index is 12.2. The summed E-state index contributed by atoms with van der Waals surface area (Å²) in [6.07, 6.45) is -0.163. The molecule has 0 saturated carbocycles. The Bertz CT molecular complexity index is 832. The van der Waals surface area contributed by atoms with E-state index in [-0.39, 0.29) is 18.8 Å². The third-order valence-electron chi connectivity index (χ3n) is 4.22. The minimum Gasteiger partial charge on any atom is -0.457 e. The van der Waals surface area contributed by atoms with Crippen molar-refractivity contribution in [2.75, 3.05) is 6.61 Å². The van der Waals surface area contributed by atoms with E-state index in [0.717, 1.165) is 5.56 Å². The van der Waals surface area contributed by atoms with Crippen molar-refractivity contribution in [1.29, 1.82) is 0 Å². The fraction of sp³-hybridized carbons (Fsp3) is 0.286. The van der Waals surface area contributed by atoms with Gasteiger partial charge in [0.2, 0.25) is 0 Å². The van der Waals surface area contributed by atoms with Crippen LogP contribution < -0.4 is 11.1 Å². The van der Waals surface area contributed by atoms with Crippen LogP contribution in [0.5, 0.6) is 0 Å². The first-order valence-electron chi connectivity index (χ1n) is 8.86. The zero-order chi connectivity index (χ0) is 20.7. The van der Waals surface area contributed by atoms with Crippen LogP contribution in [0.2, 0.25) is 5.02 Å². The van der Waals surface area contributed by atoms with Crippen molar-refractivity contribution >= 4 is 29.4 Å². The number of Topliss-reactive ketones (excluding diaryl/α,β-unsaturated/α-hetero) is 1. The predicted octanol–water partition coefficient (Wildman–Crippen LogP) is 3.99. The topological polar surface area (TPSA) is 98.5 Å². The number of nitrogens with two attached hydrogens (primary N) is 1. The van der Waals surface area contributed by atoms with Crippen molar-refractivity contribution in [1.82, 2.24) is 5.32 Å². The summed E-state index contributed by atoms with van der Waals surface area (Å²) >= 11 is 5.86. The second-order valence-corrected chi connectivity index (χ2v) is 7.11. The Hall–Kier alpha value is -2.86. The molecular formula is C21H23ClN2O4. The van der Waals surface area contributed by atoms with E-state index in [4.69, 9.17) is 22.1 Å². The maximum atomic E-state index is 12.2. The highest BCUT2D eigenvalue weighted by atomic mass is 35.5. The van der Waals surface area contributed by atoms with E-state index in [2.05, 4.69) is 19.2 Å². The first-order chi connectivity index (χ1) is 13.3. The Morgan fingerprint density at radius 3 is 2.11 bits per heavy atom. The summed E-state index contributed by atoms with van der Waals surface area (Å²) in [5, 5.41) is 3.02. The number of hydrogen-bond acceptors (Lipinski definition) is 4. The Morgan fingerprint density at radius 2 is 1.57 bits per heavy atom. The molecule has 0 fully saturated rings. The van der Waals surface area contributed by atoms with Crippen LogP contribution in [0.15, 0.2) is 48.5 Å². The molecule has 0 spiro atoms. The average Bonchev–Trinajstić information content (AvgIpc) is 2.66. The molecule has 0 aliphatic rings. The van der Waals surface area contributed by atoms with E-state index in [1.165, 1.54) is 0 Å². The lowest BCUT2D eigenvalue weighted by Crippen LogP contribution is -2.34. The summed E-state index contributed by atoms with van der Waals surface area (Å²) in [4.78, 5) is 35.6. The van der Waals surface area contributed by atoms with Gasteiger partial charge in [-0.25, -0.2) is 4.79 Å². The van der Waals surface area contributed by atoms with Crippen LogP contribution in [0.4, 0.5) is 4.79 Å². The molecule has 28 heavy (non-hydrogen) atoms. The number of rotatable bonds is 8. The monoisotopic (exact) mass is 402 g/mol. The van der Waals surface area contributed by atoms with E-state index in [1.54, 1.807) is 36.4 Å². The molecule has 148 valence electrons. The minimum atomic E-state index is -0.769. The Morgan fingerprint density at radius 1 is 1.00 bits per heavy atom. The van der Waals surface area contributed by atoms with Crippen LogP contribution in [-0.4, -0.2) is 24.4 Å². The van der Waals surface area contributed by atoms with Crippen LogP contribution >= 0.6 is 11.6 Å². The molecule has 0 aliphatic heterocycles. The molecule has 1 atom stereocenters. The largest absolute Gasteiger partial charge is 0.457 e. The highest BCUT2D eigenvalue weighted by molar-refractivity contribution is 6.30. The zero-order valence-electron chi connectivity index (χ0n) is 15.8. The molecule has 0 heterocycles. The molecule has 0 aromatic heterocycles. The van der Waals surface area contributed by atoms with Gasteiger partial charge in [0.15, 0.2) is 12.4 Å². The summed E-state index contributed by atoms with van der Waals surface area (Å²) < 4.78 is 5.09. The first kappa shape index (κ1) is 21.4. The van der Waals surface area contributed by atoms with Gasteiger partial charge in [-0.2, -0.15) is 0 Å². The lowest BCUT2D eigenvalue weighted by atomic mass is 10.0. The van der Waals surface area contributed by atoms with E-state index in [9.17, 15) is 14.4 Å². The number of halogens is 1. The molecule has 2 amide bonds. The lowest BCUT2D eigenvalue weighted by Gasteiger charge is -2.17. The molecule has 3 N–H and O–H groups in total. The number of nitrogens with one attached hydrogen (secondary N) is 1. The van der Waals surface area contributed by atoms with Gasteiger partial charge in [-0.1, -0.05) is 61.8 Å². The van der Waals surface area contributed by atoms with Gasteiger partial charge in [0.25, 0.3) is 0 Å². The van der Waals surface area contributed by atoms with Gasteiger partial charge < -0.3 is 15.8 Å². The highest BCUT2D eigenvalue weighted by Crippen LogP contribution is 2.20. The number of carbonyl (C=O) groups is 3. The van der Waals surface area contributed by atoms with Gasteiger partial charge >= 0.3 is 12.0 Å². The van der Waals surface area contributed by atoms with Crippen LogP contribution in [0.25, 0.3) is 0 Å². The third kappa shape index (κ3) is 6.39. The molecule has 2 rings (SSSR count). The molecule has 0 saturated heterocycles. The Kier molecular flexibility index (Phi) is 7.58. The lowest BCUT2D eigenvalue weighted by molar-refractivity contribution is -0.143. The van der Waals surface area contributed by atoms with Gasteiger partial charge in [0, 0.05) is 10.6 Å². The van der Waals surface area contributed by atoms with Crippen molar-refractivity contribution in [2.45, 2.75) is 32.2 Å². The Labute approximate surface area is 169 Å². The normalized spacial score (nSPS) is 11.7. The van der Waals surface area contributed by atoms with Crippen LogP contribution in [0.1, 0.15) is 53.7 Å². The number of carbonyl (C=O) groups excluding carboxylic acids is 3. The number of hydrogen-bond donors (Lipinski definition) is 2. The Balaban J connectivity index is 1.95.